The molecule has 0 spiro atoms. The summed E-state index contributed by atoms with van der Waals surface area (Å²) in [6.07, 6.45) is 0.891. The fourth-order valence-corrected chi connectivity index (χ4v) is 3.29. The van der Waals surface area contributed by atoms with Gasteiger partial charge in [0.25, 0.3) is 5.69 Å². The molecule has 1 aromatic carbocycles. The molecule has 0 N–H and O–H groups in total. The molecule has 2 rings (SSSR count). The van der Waals surface area contributed by atoms with Crippen LogP contribution in [0.5, 0.6) is 0 Å². The molecule has 138 valence electrons. The first-order chi connectivity index (χ1) is 12.3. The summed E-state index contributed by atoms with van der Waals surface area (Å²) in [6, 6.07) is 6.50. The molecule has 7 heteroatoms. The van der Waals surface area contributed by atoms with Crippen LogP contribution in [0.1, 0.15) is 34.1 Å². The average molecular weight is 372 g/mol. The standard InChI is InChI=1S/C19H24N4O2S/c1-13(2)10-15(5)21-22-18(12-26-19(22)20-11-14(3)4)16-6-8-17(9-7-16)23(24)25/h6-9,12-13H,3,10-11H2,1-2,4-5H3. The third kappa shape index (κ3) is 5.23. The number of hydrogen-bond acceptors (Lipinski definition) is 5. The van der Waals surface area contributed by atoms with Gasteiger partial charge in [-0.05, 0) is 38.3 Å². The average Bonchev–Trinajstić information content (AvgIpc) is 2.94. The zero-order chi connectivity index (χ0) is 19.3. The zero-order valence-electron chi connectivity index (χ0n) is 15.6. The van der Waals surface area contributed by atoms with Crippen LogP contribution in [0.25, 0.3) is 11.3 Å². The topological polar surface area (TPSA) is 72.8 Å². The van der Waals surface area contributed by atoms with Crippen molar-refractivity contribution in [3.05, 3.63) is 56.7 Å². The molecule has 0 bridgehead atoms. The lowest BCUT2D eigenvalue weighted by Crippen LogP contribution is -2.15. The lowest BCUT2D eigenvalue weighted by atomic mass is 10.1. The van der Waals surface area contributed by atoms with Crippen molar-refractivity contribution in [2.45, 2.75) is 34.1 Å². The number of hydrogen-bond donors (Lipinski definition) is 0. The van der Waals surface area contributed by atoms with E-state index >= 15 is 0 Å². The van der Waals surface area contributed by atoms with E-state index in [-0.39, 0.29) is 5.69 Å². The van der Waals surface area contributed by atoms with Crippen LogP contribution in [0.15, 0.2) is 51.9 Å². The lowest BCUT2D eigenvalue weighted by molar-refractivity contribution is -0.384. The van der Waals surface area contributed by atoms with E-state index in [0.29, 0.717) is 12.5 Å². The molecule has 0 radical (unpaired) electrons. The van der Waals surface area contributed by atoms with Crippen molar-refractivity contribution in [3.63, 3.8) is 0 Å². The van der Waals surface area contributed by atoms with Gasteiger partial charge >= 0.3 is 0 Å². The van der Waals surface area contributed by atoms with E-state index in [9.17, 15) is 10.1 Å². The minimum Gasteiger partial charge on any atom is -0.258 e. The molecule has 6 nitrogen and oxygen atoms in total. The summed E-state index contributed by atoms with van der Waals surface area (Å²) in [4.78, 5) is 15.9. The largest absolute Gasteiger partial charge is 0.269 e. The Bertz CT molecular complexity index is 889. The number of thiazole rings is 1. The van der Waals surface area contributed by atoms with E-state index in [1.165, 1.54) is 23.5 Å². The van der Waals surface area contributed by atoms with Gasteiger partial charge in [-0.2, -0.15) is 5.10 Å². The van der Waals surface area contributed by atoms with Gasteiger partial charge in [-0.15, -0.1) is 11.3 Å². The summed E-state index contributed by atoms with van der Waals surface area (Å²) in [5.41, 5.74) is 3.79. The van der Waals surface area contributed by atoms with Crippen LogP contribution in [0, 0.1) is 16.0 Å². The Morgan fingerprint density at radius 3 is 2.50 bits per heavy atom. The Balaban J connectivity index is 2.53. The predicted molar refractivity (Wildman–Crippen MR) is 108 cm³/mol. The fraction of sp³-hybridized carbons (Fsp3) is 0.368. The van der Waals surface area contributed by atoms with Crippen LogP contribution in [-0.4, -0.2) is 21.9 Å². The van der Waals surface area contributed by atoms with E-state index < -0.39 is 4.92 Å². The molecule has 0 aliphatic carbocycles. The second kappa shape index (κ2) is 8.71. The Hall–Kier alpha value is -2.54. The van der Waals surface area contributed by atoms with Crippen LogP contribution >= 0.6 is 11.3 Å². The molecule has 26 heavy (non-hydrogen) atoms. The van der Waals surface area contributed by atoms with Crippen molar-refractivity contribution in [1.82, 2.24) is 4.68 Å². The van der Waals surface area contributed by atoms with Crippen LogP contribution < -0.4 is 4.80 Å². The highest BCUT2D eigenvalue weighted by Gasteiger charge is 2.11. The van der Waals surface area contributed by atoms with E-state index in [1.807, 2.05) is 23.9 Å². The van der Waals surface area contributed by atoms with Crippen molar-refractivity contribution in [2.75, 3.05) is 6.54 Å². The van der Waals surface area contributed by atoms with Gasteiger partial charge in [0.05, 0.1) is 17.2 Å². The molecular formula is C19H24N4O2S. The summed E-state index contributed by atoms with van der Waals surface area (Å²) in [5.74, 6) is 0.511. The highest BCUT2D eigenvalue weighted by atomic mass is 32.1. The second-order valence-electron chi connectivity index (χ2n) is 6.73. The summed E-state index contributed by atoms with van der Waals surface area (Å²) in [6.45, 7) is 12.7. The van der Waals surface area contributed by atoms with Gasteiger partial charge in [-0.25, -0.2) is 4.68 Å². The minimum atomic E-state index is -0.399. The number of benzene rings is 1. The zero-order valence-corrected chi connectivity index (χ0v) is 16.4. The van der Waals surface area contributed by atoms with E-state index in [0.717, 1.165) is 33.8 Å². The van der Waals surface area contributed by atoms with Crippen LogP contribution in [0.2, 0.25) is 0 Å². The van der Waals surface area contributed by atoms with Gasteiger partial charge in [-0.3, -0.25) is 15.1 Å². The van der Waals surface area contributed by atoms with Gasteiger partial charge in [0.15, 0.2) is 0 Å². The fourth-order valence-electron chi connectivity index (χ4n) is 2.46. The van der Waals surface area contributed by atoms with Gasteiger partial charge in [0.1, 0.15) is 0 Å². The van der Waals surface area contributed by atoms with Crippen molar-refractivity contribution >= 4 is 22.7 Å². The van der Waals surface area contributed by atoms with Crippen molar-refractivity contribution in [1.29, 1.82) is 0 Å². The van der Waals surface area contributed by atoms with Crippen molar-refractivity contribution in [3.8, 4) is 11.3 Å². The third-order valence-electron chi connectivity index (χ3n) is 3.52. The first kappa shape index (κ1) is 19.8. The molecule has 1 aromatic heterocycles. The number of nitro groups is 1. The minimum absolute atomic E-state index is 0.0715. The van der Waals surface area contributed by atoms with E-state index in [4.69, 9.17) is 5.10 Å². The number of non-ortho nitro benzene ring substituents is 1. The summed E-state index contributed by atoms with van der Waals surface area (Å²) < 4.78 is 1.83. The van der Waals surface area contributed by atoms with Gasteiger partial charge in [0, 0.05) is 28.8 Å². The summed E-state index contributed by atoms with van der Waals surface area (Å²) in [5, 5.41) is 17.6. The van der Waals surface area contributed by atoms with Gasteiger partial charge < -0.3 is 0 Å². The highest BCUT2D eigenvalue weighted by molar-refractivity contribution is 7.07. The predicted octanol–water partition coefficient (Wildman–Crippen LogP) is 4.87. The molecule has 0 fully saturated rings. The molecule has 0 aliphatic heterocycles. The lowest BCUT2D eigenvalue weighted by Gasteiger charge is -2.07. The normalized spacial score (nSPS) is 12.7. The van der Waals surface area contributed by atoms with Crippen LogP contribution in [-0.2, 0) is 0 Å². The number of rotatable bonds is 7. The molecule has 0 unspecified atom stereocenters. The monoisotopic (exact) mass is 372 g/mol. The third-order valence-corrected chi connectivity index (χ3v) is 4.37. The highest BCUT2D eigenvalue weighted by Crippen LogP contribution is 2.23. The molecular weight excluding hydrogens is 348 g/mol. The van der Waals surface area contributed by atoms with E-state index in [1.54, 1.807) is 12.1 Å². The summed E-state index contributed by atoms with van der Waals surface area (Å²) in [7, 11) is 0. The quantitative estimate of drug-likeness (QED) is 0.301. The molecule has 2 aromatic rings. The second-order valence-corrected chi connectivity index (χ2v) is 7.56. The van der Waals surface area contributed by atoms with Gasteiger partial charge in [0.2, 0.25) is 4.80 Å². The maximum atomic E-state index is 10.9. The van der Waals surface area contributed by atoms with Crippen LogP contribution in [0.3, 0.4) is 0 Å². The van der Waals surface area contributed by atoms with E-state index in [2.05, 4.69) is 25.4 Å². The maximum Gasteiger partial charge on any atom is 0.269 e. The Morgan fingerprint density at radius 2 is 1.96 bits per heavy atom. The maximum absolute atomic E-state index is 10.9. The molecule has 1 heterocycles. The Labute approximate surface area is 157 Å². The first-order valence-corrected chi connectivity index (χ1v) is 9.30. The number of aromatic nitrogens is 1. The molecule has 0 saturated heterocycles. The number of nitrogens with zero attached hydrogens (tertiary/aromatic N) is 4. The molecule has 0 atom stereocenters. The Morgan fingerprint density at radius 1 is 1.31 bits per heavy atom. The smallest absolute Gasteiger partial charge is 0.258 e. The summed E-state index contributed by atoms with van der Waals surface area (Å²) >= 11 is 1.50. The Kier molecular flexibility index (Phi) is 6.63. The molecule has 0 saturated carbocycles. The number of nitro benzene ring substituents is 1. The van der Waals surface area contributed by atoms with Crippen LogP contribution in [0.4, 0.5) is 5.69 Å². The van der Waals surface area contributed by atoms with Gasteiger partial charge in [-0.1, -0.05) is 26.0 Å². The van der Waals surface area contributed by atoms with Crippen molar-refractivity contribution in [2.24, 2.45) is 16.0 Å². The first-order valence-electron chi connectivity index (χ1n) is 8.42. The SMILES string of the molecule is C=C(C)CN=c1scc(-c2ccc([N+](=O)[O-])cc2)n1N=C(C)CC(C)C. The van der Waals surface area contributed by atoms with Crippen molar-refractivity contribution < 1.29 is 4.92 Å². The molecule has 0 amide bonds. The molecule has 0 aliphatic rings.